The fraction of sp³-hybridized carbons (Fsp3) is 1.00. The summed E-state index contributed by atoms with van der Waals surface area (Å²) >= 11 is 0. The van der Waals surface area contributed by atoms with Gasteiger partial charge in [-0.2, -0.15) is 0 Å². The van der Waals surface area contributed by atoms with Gasteiger partial charge in [0.2, 0.25) is 0 Å². The minimum Gasteiger partial charge on any atom is -0.849 e. The van der Waals surface area contributed by atoms with Gasteiger partial charge in [0.15, 0.2) is 0 Å². The van der Waals surface area contributed by atoms with Crippen LogP contribution in [0.15, 0.2) is 0 Å². The molecule has 12 heavy (non-hydrogen) atoms. The molecule has 0 aromatic carbocycles. The average molecular weight is 190 g/mol. The first-order valence-corrected chi connectivity index (χ1v) is 4.94. The fourth-order valence-corrected chi connectivity index (χ4v) is 4.03. The Morgan fingerprint density at radius 1 is 0.833 bits per heavy atom. The zero-order valence-electron chi connectivity index (χ0n) is 7.88. The minimum atomic E-state index is -0.450. The summed E-state index contributed by atoms with van der Waals surface area (Å²) in [6.07, 6.45) is 7.21. The molecule has 4 aliphatic carbocycles. The Morgan fingerprint density at radius 3 is 1.42 bits per heavy atom. The predicted octanol–water partition coefficient (Wildman–Crippen LogP) is -1.68. The first kappa shape index (κ1) is 10.1. The van der Waals surface area contributed by atoms with Crippen LogP contribution in [0, 0.1) is 17.8 Å². The van der Waals surface area contributed by atoms with Crippen molar-refractivity contribution in [2.75, 3.05) is 0 Å². The van der Waals surface area contributed by atoms with Crippen molar-refractivity contribution >= 4 is 0 Å². The zero-order chi connectivity index (χ0) is 7.47. The molecule has 4 fully saturated rings. The Bertz CT molecular complexity index is 155. The van der Waals surface area contributed by atoms with Crippen molar-refractivity contribution in [3.8, 4) is 0 Å². The third kappa shape index (κ3) is 1.59. The monoisotopic (exact) mass is 190 g/mol. The molecule has 0 aromatic heterocycles. The molecule has 62 valence electrons. The summed E-state index contributed by atoms with van der Waals surface area (Å²) in [7, 11) is 0. The van der Waals surface area contributed by atoms with Crippen molar-refractivity contribution < 1.29 is 56.5 Å². The van der Waals surface area contributed by atoms with Crippen LogP contribution in [-0.2, 0) is 0 Å². The molecule has 0 radical (unpaired) electrons. The van der Waals surface area contributed by atoms with Gasteiger partial charge in [-0.1, -0.05) is 19.3 Å². The molecule has 4 rings (SSSR count). The van der Waals surface area contributed by atoms with E-state index in [0.717, 1.165) is 37.0 Å². The molecule has 0 N–H and O–H groups in total. The summed E-state index contributed by atoms with van der Waals surface area (Å²) in [5.74, 6) is 2.50. The van der Waals surface area contributed by atoms with Gasteiger partial charge in [0.25, 0.3) is 0 Å². The third-order valence-electron chi connectivity index (χ3n) is 3.98. The molecule has 0 heterocycles. The number of hydrogen-bond acceptors (Lipinski definition) is 1. The first-order valence-electron chi connectivity index (χ1n) is 4.94. The van der Waals surface area contributed by atoms with Gasteiger partial charge in [-0.3, -0.25) is 0 Å². The number of rotatable bonds is 0. The molecule has 0 atom stereocenters. The first-order chi connectivity index (χ1) is 5.23. The van der Waals surface area contributed by atoms with Gasteiger partial charge < -0.3 is 5.11 Å². The van der Waals surface area contributed by atoms with E-state index in [9.17, 15) is 5.11 Å². The maximum Gasteiger partial charge on any atom is 1.00 e. The normalized spacial score (nSPS) is 55.2. The summed E-state index contributed by atoms with van der Waals surface area (Å²) in [5, 5.41) is 12.0. The van der Waals surface area contributed by atoms with Crippen LogP contribution in [0.3, 0.4) is 0 Å². The molecule has 4 saturated carbocycles. The largest absolute Gasteiger partial charge is 1.00 e. The van der Waals surface area contributed by atoms with Crippen molar-refractivity contribution in [3.05, 3.63) is 0 Å². The molecule has 0 amide bonds. The predicted molar refractivity (Wildman–Crippen MR) is 40.9 cm³/mol. The maximum atomic E-state index is 12.0. The number of hydrogen-bond donors (Lipinski definition) is 0. The van der Waals surface area contributed by atoms with E-state index in [-0.39, 0.29) is 51.4 Å². The van der Waals surface area contributed by atoms with Gasteiger partial charge in [0.1, 0.15) is 0 Å². The Kier molecular flexibility index (Phi) is 2.80. The standard InChI is InChI=1S/C10H15O.K/c11-10-4-7-1-8(5-10)3-9(2-7)6-10;/h7-9H,1-6H2;/q-1;+1. The molecule has 0 spiro atoms. The van der Waals surface area contributed by atoms with Crippen molar-refractivity contribution in [3.63, 3.8) is 0 Å². The van der Waals surface area contributed by atoms with Crippen molar-refractivity contribution in [2.24, 2.45) is 17.8 Å². The Hall–Kier alpha value is 1.60. The van der Waals surface area contributed by atoms with E-state index in [0.29, 0.717) is 0 Å². The second-order valence-electron chi connectivity index (χ2n) is 5.10. The third-order valence-corrected chi connectivity index (χ3v) is 3.98. The zero-order valence-corrected chi connectivity index (χ0v) is 11.0. The van der Waals surface area contributed by atoms with Crippen molar-refractivity contribution in [1.29, 1.82) is 0 Å². The van der Waals surface area contributed by atoms with Crippen molar-refractivity contribution in [2.45, 2.75) is 44.1 Å². The quantitative estimate of drug-likeness (QED) is 0.419. The molecular formula is C10H15KO. The molecule has 2 heteroatoms. The summed E-state index contributed by atoms with van der Waals surface area (Å²) in [6.45, 7) is 0. The molecule has 0 aromatic rings. The Morgan fingerprint density at radius 2 is 1.17 bits per heavy atom. The molecule has 0 unspecified atom stereocenters. The van der Waals surface area contributed by atoms with Gasteiger partial charge in [-0.05, 0) is 37.0 Å². The molecular weight excluding hydrogens is 175 g/mol. The van der Waals surface area contributed by atoms with E-state index in [1.807, 2.05) is 0 Å². The van der Waals surface area contributed by atoms with E-state index in [4.69, 9.17) is 0 Å². The van der Waals surface area contributed by atoms with Crippen LogP contribution in [0.1, 0.15) is 38.5 Å². The van der Waals surface area contributed by atoms with E-state index in [1.54, 1.807) is 0 Å². The van der Waals surface area contributed by atoms with Gasteiger partial charge in [-0.15, -0.1) is 5.60 Å². The van der Waals surface area contributed by atoms with Gasteiger partial charge in [0.05, 0.1) is 0 Å². The van der Waals surface area contributed by atoms with Crippen LogP contribution < -0.4 is 56.5 Å². The van der Waals surface area contributed by atoms with E-state index in [2.05, 4.69) is 0 Å². The second-order valence-corrected chi connectivity index (χ2v) is 5.10. The SMILES string of the molecule is [K+].[O-]C12CC3CC(CC(C3)C1)C2. The van der Waals surface area contributed by atoms with E-state index in [1.165, 1.54) is 19.3 Å². The van der Waals surface area contributed by atoms with Gasteiger partial charge in [0, 0.05) is 0 Å². The fourth-order valence-electron chi connectivity index (χ4n) is 4.03. The smallest absolute Gasteiger partial charge is 0.849 e. The van der Waals surface area contributed by atoms with Crippen LogP contribution in [0.2, 0.25) is 0 Å². The van der Waals surface area contributed by atoms with Crippen LogP contribution >= 0.6 is 0 Å². The molecule has 4 bridgehead atoms. The topological polar surface area (TPSA) is 23.1 Å². The average Bonchev–Trinajstić information content (AvgIpc) is 1.79. The van der Waals surface area contributed by atoms with E-state index >= 15 is 0 Å². The van der Waals surface area contributed by atoms with Gasteiger partial charge in [-0.25, -0.2) is 0 Å². The molecule has 1 nitrogen and oxygen atoms in total. The summed E-state index contributed by atoms with van der Waals surface area (Å²) in [6, 6.07) is 0. The van der Waals surface area contributed by atoms with Gasteiger partial charge >= 0.3 is 51.4 Å². The summed E-state index contributed by atoms with van der Waals surface area (Å²) in [5.41, 5.74) is -0.450. The molecule has 0 saturated heterocycles. The molecule has 0 aliphatic heterocycles. The van der Waals surface area contributed by atoms with Crippen molar-refractivity contribution in [1.82, 2.24) is 0 Å². The minimum absolute atomic E-state index is 0. The Balaban J connectivity index is 0.000000563. The van der Waals surface area contributed by atoms with Crippen LogP contribution in [0.5, 0.6) is 0 Å². The van der Waals surface area contributed by atoms with Crippen LogP contribution in [0.25, 0.3) is 0 Å². The summed E-state index contributed by atoms with van der Waals surface area (Å²) in [4.78, 5) is 0. The summed E-state index contributed by atoms with van der Waals surface area (Å²) < 4.78 is 0. The van der Waals surface area contributed by atoms with E-state index < -0.39 is 5.60 Å². The second kappa shape index (κ2) is 3.32. The van der Waals surface area contributed by atoms with Crippen LogP contribution in [-0.4, -0.2) is 5.60 Å². The Labute approximate surface area is 117 Å². The maximum absolute atomic E-state index is 12.0. The van der Waals surface area contributed by atoms with Crippen LogP contribution in [0.4, 0.5) is 0 Å². The molecule has 4 aliphatic rings.